The summed E-state index contributed by atoms with van der Waals surface area (Å²) in [4.78, 5) is 10.8. The summed E-state index contributed by atoms with van der Waals surface area (Å²) in [6, 6.07) is -0.0661. The first-order valence-corrected chi connectivity index (χ1v) is 6.51. The number of rotatable bonds is 7. The third-order valence-corrected chi connectivity index (χ3v) is 2.84. The molecule has 0 amide bonds. The summed E-state index contributed by atoms with van der Waals surface area (Å²) >= 11 is 0. The molecule has 1 heterocycles. The van der Waals surface area contributed by atoms with Gasteiger partial charge in [0.05, 0.1) is 11.0 Å². The number of aliphatic hydroxyl groups excluding tert-OH is 1. The summed E-state index contributed by atoms with van der Waals surface area (Å²) in [5, 5.41) is 27.8. The highest BCUT2D eigenvalue weighted by molar-refractivity contribution is 5.60. The molecule has 0 bridgehead atoms. The average Bonchev–Trinajstić information content (AvgIpc) is 2.54. The van der Waals surface area contributed by atoms with Gasteiger partial charge in [0.25, 0.3) is 0 Å². The monoisotopic (exact) mass is 270 g/mol. The van der Waals surface area contributed by atoms with Crippen molar-refractivity contribution in [2.24, 2.45) is 7.05 Å². The van der Waals surface area contributed by atoms with E-state index in [9.17, 15) is 15.2 Å². The summed E-state index contributed by atoms with van der Waals surface area (Å²) in [6.45, 7) is 5.53. The quantitative estimate of drug-likeness (QED) is 0.582. The Morgan fingerprint density at radius 3 is 2.63 bits per heavy atom. The van der Waals surface area contributed by atoms with Crippen LogP contribution < -0.4 is 5.32 Å². The van der Waals surface area contributed by atoms with E-state index in [1.807, 2.05) is 13.8 Å². The van der Waals surface area contributed by atoms with Gasteiger partial charge in [0.15, 0.2) is 0 Å². The van der Waals surface area contributed by atoms with E-state index >= 15 is 0 Å². The van der Waals surface area contributed by atoms with E-state index in [-0.39, 0.29) is 11.7 Å². The molecule has 108 valence electrons. The lowest BCUT2D eigenvalue weighted by Gasteiger charge is -2.16. The van der Waals surface area contributed by atoms with Crippen molar-refractivity contribution in [3.05, 3.63) is 15.8 Å². The first-order valence-electron chi connectivity index (χ1n) is 6.51. The third-order valence-electron chi connectivity index (χ3n) is 2.84. The van der Waals surface area contributed by atoms with Crippen LogP contribution in [0.25, 0.3) is 0 Å². The average molecular weight is 270 g/mol. The van der Waals surface area contributed by atoms with Crippen LogP contribution in [0.3, 0.4) is 0 Å². The second-order valence-electron chi connectivity index (χ2n) is 4.90. The van der Waals surface area contributed by atoms with Gasteiger partial charge in [-0.25, -0.2) is 4.68 Å². The molecule has 0 radical (unpaired) electrons. The van der Waals surface area contributed by atoms with Crippen molar-refractivity contribution in [2.75, 3.05) is 5.32 Å². The molecule has 1 aromatic heterocycles. The molecule has 0 saturated heterocycles. The van der Waals surface area contributed by atoms with E-state index in [0.717, 1.165) is 6.42 Å². The first kappa shape index (κ1) is 15.4. The Balaban J connectivity index is 3.01. The molecule has 19 heavy (non-hydrogen) atoms. The standard InChI is InChI=1S/C12H22N4O3/c1-5-6-10-11(16(18)19)12(15(4)14-10)13-8(2)7-9(3)17/h8-9,13,17H,5-7H2,1-4H3. The maximum atomic E-state index is 11.2. The van der Waals surface area contributed by atoms with Gasteiger partial charge in [0.2, 0.25) is 5.82 Å². The molecule has 2 atom stereocenters. The van der Waals surface area contributed by atoms with Crippen molar-refractivity contribution >= 4 is 11.5 Å². The number of hydrogen-bond acceptors (Lipinski definition) is 5. The number of hydrogen-bond donors (Lipinski definition) is 2. The van der Waals surface area contributed by atoms with Gasteiger partial charge < -0.3 is 10.4 Å². The van der Waals surface area contributed by atoms with Crippen molar-refractivity contribution in [3.63, 3.8) is 0 Å². The van der Waals surface area contributed by atoms with Crippen molar-refractivity contribution in [2.45, 2.75) is 52.2 Å². The Hall–Kier alpha value is -1.63. The van der Waals surface area contributed by atoms with Crippen molar-refractivity contribution < 1.29 is 10.0 Å². The first-order chi connectivity index (χ1) is 8.86. The maximum Gasteiger partial charge on any atom is 0.333 e. The Morgan fingerprint density at radius 1 is 1.53 bits per heavy atom. The molecular weight excluding hydrogens is 248 g/mol. The Labute approximate surface area is 112 Å². The SMILES string of the molecule is CCCc1nn(C)c(NC(C)CC(C)O)c1[N+](=O)[O-]. The van der Waals surface area contributed by atoms with Crippen molar-refractivity contribution in [1.82, 2.24) is 9.78 Å². The van der Waals surface area contributed by atoms with E-state index in [2.05, 4.69) is 10.4 Å². The fourth-order valence-electron chi connectivity index (χ4n) is 2.13. The summed E-state index contributed by atoms with van der Waals surface area (Å²) in [5.74, 6) is 0.404. The zero-order valence-electron chi connectivity index (χ0n) is 11.9. The van der Waals surface area contributed by atoms with Crippen molar-refractivity contribution in [1.29, 1.82) is 0 Å². The molecule has 0 aliphatic carbocycles. The number of anilines is 1. The highest BCUT2D eigenvalue weighted by atomic mass is 16.6. The van der Waals surface area contributed by atoms with Gasteiger partial charge in [-0.15, -0.1) is 0 Å². The summed E-state index contributed by atoms with van der Waals surface area (Å²) in [7, 11) is 1.68. The van der Waals surface area contributed by atoms with Crippen LogP contribution in [-0.4, -0.2) is 32.0 Å². The second-order valence-corrected chi connectivity index (χ2v) is 4.90. The molecular formula is C12H22N4O3. The minimum Gasteiger partial charge on any atom is -0.393 e. The van der Waals surface area contributed by atoms with Gasteiger partial charge >= 0.3 is 5.69 Å². The number of nitro groups is 1. The van der Waals surface area contributed by atoms with E-state index in [1.165, 1.54) is 4.68 Å². The second kappa shape index (κ2) is 6.51. The van der Waals surface area contributed by atoms with Crippen LogP contribution in [0, 0.1) is 10.1 Å². The third kappa shape index (κ3) is 3.92. The normalized spacial score (nSPS) is 14.2. The van der Waals surface area contributed by atoms with Gasteiger partial charge in [-0.2, -0.15) is 5.10 Å². The highest BCUT2D eigenvalue weighted by Gasteiger charge is 2.27. The number of aryl methyl sites for hydroxylation is 2. The molecule has 7 nitrogen and oxygen atoms in total. The lowest BCUT2D eigenvalue weighted by atomic mass is 10.1. The minimum atomic E-state index is -0.454. The van der Waals surface area contributed by atoms with Crippen molar-refractivity contribution in [3.8, 4) is 0 Å². The van der Waals surface area contributed by atoms with Gasteiger partial charge in [-0.1, -0.05) is 13.3 Å². The molecule has 0 aliphatic heterocycles. The van der Waals surface area contributed by atoms with Crippen LogP contribution in [-0.2, 0) is 13.5 Å². The number of aliphatic hydroxyl groups is 1. The highest BCUT2D eigenvalue weighted by Crippen LogP contribution is 2.29. The topological polar surface area (TPSA) is 93.2 Å². The summed E-state index contributed by atoms with van der Waals surface area (Å²) in [5.41, 5.74) is 0.545. The van der Waals surface area contributed by atoms with Crippen LogP contribution >= 0.6 is 0 Å². The predicted molar refractivity (Wildman–Crippen MR) is 73.2 cm³/mol. The van der Waals surface area contributed by atoms with Gasteiger partial charge in [-0.3, -0.25) is 10.1 Å². The van der Waals surface area contributed by atoms with Crippen LogP contribution in [0.15, 0.2) is 0 Å². The number of nitrogens with one attached hydrogen (secondary N) is 1. The summed E-state index contributed by atoms with van der Waals surface area (Å²) < 4.78 is 1.50. The van der Waals surface area contributed by atoms with Gasteiger partial charge in [0, 0.05) is 13.1 Å². The molecule has 2 N–H and O–H groups in total. The molecule has 0 aromatic carbocycles. The van der Waals surface area contributed by atoms with Gasteiger partial charge in [-0.05, 0) is 26.7 Å². The molecule has 0 fully saturated rings. The number of nitrogens with zero attached hydrogens (tertiary/aromatic N) is 3. The zero-order valence-corrected chi connectivity index (χ0v) is 11.9. The molecule has 0 spiro atoms. The summed E-state index contributed by atoms with van der Waals surface area (Å²) in [6.07, 6.45) is 1.45. The van der Waals surface area contributed by atoms with E-state index in [4.69, 9.17) is 0 Å². The van der Waals surface area contributed by atoms with Crippen LogP contribution in [0.5, 0.6) is 0 Å². The van der Waals surface area contributed by atoms with Crippen LogP contribution in [0.4, 0.5) is 11.5 Å². The fraction of sp³-hybridized carbons (Fsp3) is 0.750. The molecule has 0 aliphatic rings. The fourth-order valence-corrected chi connectivity index (χ4v) is 2.13. The van der Waals surface area contributed by atoms with Crippen LogP contribution in [0.2, 0.25) is 0 Å². The smallest absolute Gasteiger partial charge is 0.333 e. The van der Waals surface area contributed by atoms with E-state index in [0.29, 0.717) is 24.4 Å². The largest absolute Gasteiger partial charge is 0.393 e. The minimum absolute atomic E-state index is 0.0433. The predicted octanol–water partition coefficient (Wildman–Crippen LogP) is 1.85. The Bertz CT molecular complexity index is 442. The molecule has 1 rings (SSSR count). The van der Waals surface area contributed by atoms with Gasteiger partial charge in [0.1, 0.15) is 5.69 Å². The molecule has 7 heteroatoms. The Kier molecular flexibility index (Phi) is 5.29. The maximum absolute atomic E-state index is 11.2. The lowest BCUT2D eigenvalue weighted by Crippen LogP contribution is -2.22. The Morgan fingerprint density at radius 2 is 2.16 bits per heavy atom. The van der Waals surface area contributed by atoms with E-state index < -0.39 is 11.0 Å². The zero-order chi connectivity index (χ0) is 14.6. The molecule has 2 unspecified atom stereocenters. The molecule has 0 saturated carbocycles. The van der Waals surface area contributed by atoms with Crippen LogP contribution in [0.1, 0.15) is 39.3 Å². The molecule has 1 aromatic rings. The van der Waals surface area contributed by atoms with E-state index in [1.54, 1.807) is 14.0 Å². The lowest BCUT2D eigenvalue weighted by molar-refractivity contribution is -0.384. The number of aromatic nitrogens is 2.